The van der Waals surface area contributed by atoms with Gasteiger partial charge in [-0.25, -0.2) is 4.99 Å². The molecule has 1 heterocycles. The van der Waals surface area contributed by atoms with Gasteiger partial charge in [-0.05, 0) is 38.0 Å². The van der Waals surface area contributed by atoms with Crippen molar-refractivity contribution in [1.82, 2.24) is 21.0 Å². The number of nitrogens with one attached hydrogen (secondary N) is 3. The largest absolute Gasteiger partial charge is 0.328 e. The number of aliphatic imine (C=N–C) groups is 1. The number of rotatable bonds is 8. The molecule has 1 aliphatic rings. The van der Waals surface area contributed by atoms with Gasteiger partial charge in [-0.3, -0.25) is 16.0 Å². The number of hydrogen-bond donors (Lipinski definition) is 4. The molecular formula is C15H28N6. The number of nitrogens with zero attached hydrogens (tertiary/aromatic N) is 2. The number of hydrazine groups is 1. The third-order valence-corrected chi connectivity index (χ3v) is 4.26. The van der Waals surface area contributed by atoms with Gasteiger partial charge in [0.2, 0.25) is 0 Å². The summed E-state index contributed by atoms with van der Waals surface area (Å²) in [6, 6.07) is 2.72. The summed E-state index contributed by atoms with van der Waals surface area (Å²) in [5.74, 6) is 1.31. The van der Waals surface area contributed by atoms with Crippen LogP contribution in [0.1, 0.15) is 46.0 Å². The van der Waals surface area contributed by atoms with Crippen LogP contribution in [0.15, 0.2) is 17.3 Å². The highest BCUT2D eigenvalue weighted by Crippen LogP contribution is 2.17. The molecule has 0 aliphatic heterocycles. The van der Waals surface area contributed by atoms with E-state index in [1.165, 1.54) is 5.71 Å². The molecule has 6 heteroatoms. The van der Waals surface area contributed by atoms with Gasteiger partial charge in [0.25, 0.3) is 0 Å². The maximum absolute atomic E-state index is 5.94. The van der Waals surface area contributed by atoms with Crippen molar-refractivity contribution in [1.29, 1.82) is 0 Å². The molecule has 0 unspecified atom stereocenters. The number of aromatic nitrogens is 2. The molecule has 1 aromatic heterocycles. The first-order valence-electron chi connectivity index (χ1n) is 8.03. The summed E-state index contributed by atoms with van der Waals surface area (Å²) < 4.78 is 0. The van der Waals surface area contributed by atoms with Gasteiger partial charge < -0.3 is 5.73 Å². The molecule has 1 fully saturated rings. The zero-order valence-corrected chi connectivity index (χ0v) is 13.1. The molecule has 1 aromatic rings. The minimum absolute atomic E-state index is 0.349. The minimum atomic E-state index is 0.349. The molecular weight excluding hydrogens is 264 g/mol. The number of hydrogen-bond acceptors (Lipinski definition) is 5. The zero-order valence-electron chi connectivity index (χ0n) is 13.1. The molecule has 0 bridgehead atoms. The molecule has 0 amide bonds. The second-order valence-corrected chi connectivity index (χ2v) is 5.83. The molecule has 0 spiro atoms. The van der Waals surface area contributed by atoms with Crippen LogP contribution in [0.5, 0.6) is 0 Å². The lowest BCUT2D eigenvalue weighted by Gasteiger charge is -2.19. The van der Waals surface area contributed by atoms with Gasteiger partial charge in [-0.15, -0.1) is 0 Å². The second kappa shape index (κ2) is 8.26. The fourth-order valence-electron chi connectivity index (χ4n) is 2.93. The van der Waals surface area contributed by atoms with Gasteiger partial charge in [-0.1, -0.05) is 13.8 Å². The summed E-state index contributed by atoms with van der Waals surface area (Å²) in [6.07, 6.45) is 7.23. The molecule has 118 valence electrons. The minimum Gasteiger partial charge on any atom is -0.328 e. The predicted molar refractivity (Wildman–Crippen MR) is 86.5 cm³/mol. The maximum atomic E-state index is 5.94. The van der Waals surface area contributed by atoms with Crippen LogP contribution in [0.25, 0.3) is 0 Å². The molecule has 6 nitrogen and oxygen atoms in total. The Kier molecular flexibility index (Phi) is 6.35. The first kappa shape index (κ1) is 16.1. The van der Waals surface area contributed by atoms with Gasteiger partial charge in [0.05, 0.1) is 6.20 Å². The first-order chi connectivity index (χ1) is 10.2. The van der Waals surface area contributed by atoms with E-state index in [1.54, 1.807) is 6.20 Å². The molecule has 2 atom stereocenters. The van der Waals surface area contributed by atoms with Gasteiger partial charge in [0.1, 0.15) is 5.82 Å². The second-order valence-electron chi connectivity index (χ2n) is 5.83. The molecule has 2 rings (SSSR count). The topological polar surface area (TPSA) is 91.1 Å². The predicted octanol–water partition coefficient (Wildman–Crippen LogP) is 1.89. The number of aromatic amines is 1. The van der Waals surface area contributed by atoms with E-state index in [9.17, 15) is 0 Å². The van der Waals surface area contributed by atoms with Crippen LogP contribution in [-0.4, -0.2) is 34.5 Å². The highest BCUT2D eigenvalue weighted by molar-refractivity contribution is 5.90. The Labute approximate surface area is 127 Å². The Hall–Kier alpha value is -1.24. The maximum Gasteiger partial charge on any atom is 0.147 e. The average Bonchev–Trinajstić information content (AvgIpc) is 3.12. The highest BCUT2D eigenvalue weighted by atomic mass is 15.4. The quantitative estimate of drug-likeness (QED) is 0.435. The van der Waals surface area contributed by atoms with Gasteiger partial charge in [0.15, 0.2) is 0 Å². The van der Waals surface area contributed by atoms with Crippen molar-refractivity contribution in [2.75, 3.05) is 6.54 Å². The van der Waals surface area contributed by atoms with E-state index in [2.05, 4.69) is 34.9 Å². The van der Waals surface area contributed by atoms with Crippen molar-refractivity contribution >= 4 is 11.5 Å². The Balaban J connectivity index is 1.90. The van der Waals surface area contributed by atoms with Gasteiger partial charge in [0, 0.05) is 30.4 Å². The van der Waals surface area contributed by atoms with E-state index in [1.807, 2.05) is 6.07 Å². The Morgan fingerprint density at radius 1 is 1.48 bits per heavy atom. The van der Waals surface area contributed by atoms with Gasteiger partial charge >= 0.3 is 0 Å². The molecule has 0 saturated heterocycles. The van der Waals surface area contributed by atoms with Crippen LogP contribution >= 0.6 is 0 Å². The number of nitrogens with two attached hydrogens (primary N) is 1. The summed E-state index contributed by atoms with van der Waals surface area (Å²) in [5.41, 5.74) is 13.8. The van der Waals surface area contributed by atoms with E-state index in [0.29, 0.717) is 18.0 Å². The van der Waals surface area contributed by atoms with E-state index in [4.69, 9.17) is 10.7 Å². The number of H-pyrrole nitrogens is 1. The Morgan fingerprint density at radius 3 is 2.86 bits per heavy atom. The van der Waals surface area contributed by atoms with Crippen molar-refractivity contribution in [3.63, 3.8) is 0 Å². The standard InChI is InChI=1S/C15H28N6/c1-3-11(4-2)14(19-15-7-8-17-21-15)10-18-20-13-6-5-12(16)9-13/h7-8,11-13,18,20H,3-6,9-10,16H2,1-2H3,(H,17,21)/b19-14+/t12-,13-/m1/s1. The summed E-state index contributed by atoms with van der Waals surface area (Å²) in [5, 5.41) is 6.86. The Bertz CT molecular complexity index is 423. The van der Waals surface area contributed by atoms with Crippen molar-refractivity contribution in [2.24, 2.45) is 16.6 Å². The van der Waals surface area contributed by atoms with Crippen LogP contribution in [0, 0.1) is 5.92 Å². The molecule has 0 aromatic carbocycles. The van der Waals surface area contributed by atoms with Crippen LogP contribution < -0.4 is 16.6 Å². The van der Waals surface area contributed by atoms with Gasteiger partial charge in [-0.2, -0.15) is 5.10 Å². The van der Waals surface area contributed by atoms with Crippen molar-refractivity contribution < 1.29 is 0 Å². The van der Waals surface area contributed by atoms with Crippen LogP contribution in [0.2, 0.25) is 0 Å². The lowest BCUT2D eigenvalue weighted by Crippen LogP contribution is -2.43. The smallest absolute Gasteiger partial charge is 0.147 e. The highest BCUT2D eigenvalue weighted by Gasteiger charge is 2.21. The molecule has 1 saturated carbocycles. The molecule has 5 N–H and O–H groups in total. The summed E-state index contributed by atoms with van der Waals surface area (Å²) in [7, 11) is 0. The van der Waals surface area contributed by atoms with E-state index >= 15 is 0 Å². The molecule has 21 heavy (non-hydrogen) atoms. The molecule has 1 aliphatic carbocycles. The Morgan fingerprint density at radius 2 is 2.29 bits per heavy atom. The summed E-state index contributed by atoms with van der Waals surface area (Å²) in [6.45, 7) is 5.16. The van der Waals surface area contributed by atoms with E-state index < -0.39 is 0 Å². The van der Waals surface area contributed by atoms with Crippen molar-refractivity contribution in [2.45, 2.75) is 58.0 Å². The van der Waals surface area contributed by atoms with E-state index in [0.717, 1.165) is 44.5 Å². The summed E-state index contributed by atoms with van der Waals surface area (Å²) in [4.78, 5) is 4.71. The van der Waals surface area contributed by atoms with Crippen LogP contribution in [0.4, 0.5) is 5.82 Å². The van der Waals surface area contributed by atoms with Crippen molar-refractivity contribution in [3.8, 4) is 0 Å². The lowest BCUT2D eigenvalue weighted by atomic mass is 9.97. The molecule has 0 radical (unpaired) electrons. The normalized spacial score (nSPS) is 23.1. The fourth-order valence-corrected chi connectivity index (χ4v) is 2.93. The van der Waals surface area contributed by atoms with Crippen LogP contribution in [0.3, 0.4) is 0 Å². The van der Waals surface area contributed by atoms with Crippen LogP contribution in [-0.2, 0) is 0 Å². The monoisotopic (exact) mass is 292 g/mol. The third kappa shape index (κ3) is 4.91. The zero-order chi connectivity index (χ0) is 15.1. The van der Waals surface area contributed by atoms with Crippen molar-refractivity contribution in [3.05, 3.63) is 12.3 Å². The average molecular weight is 292 g/mol. The summed E-state index contributed by atoms with van der Waals surface area (Å²) >= 11 is 0. The fraction of sp³-hybridized carbons (Fsp3) is 0.733. The lowest BCUT2D eigenvalue weighted by molar-refractivity contribution is 0.448. The SMILES string of the molecule is CCC(CC)/C(CNN[C@@H]1CC[C@@H](N)C1)=N/c1ccn[nH]1. The van der Waals surface area contributed by atoms with E-state index in [-0.39, 0.29) is 0 Å². The first-order valence-corrected chi connectivity index (χ1v) is 8.03. The third-order valence-electron chi connectivity index (χ3n) is 4.26.